The molecule has 1 aromatic heterocycles. The Labute approximate surface area is 108 Å². The molecule has 2 amide bonds. The Hall–Kier alpha value is -2.21. The lowest BCUT2D eigenvalue weighted by Gasteiger charge is -2.05. The van der Waals surface area contributed by atoms with Crippen molar-refractivity contribution in [2.45, 2.75) is 0 Å². The average Bonchev–Trinajstić information content (AvgIpc) is 2.91. The van der Waals surface area contributed by atoms with Crippen LogP contribution in [0.25, 0.3) is 10.6 Å². The van der Waals surface area contributed by atoms with Crippen LogP contribution in [0.15, 0.2) is 29.8 Å². The lowest BCUT2D eigenvalue weighted by Crippen LogP contribution is -2.19. The lowest BCUT2D eigenvalue weighted by atomic mass is 10.0. The molecule has 0 aliphatic heterocycles. The quantitative estimate of drug-likeness (QED) is 0.872. The van der Waals surface area contributed by atoms with Crippen molar-refractivity contribution in [3.8, 4) is 10.6 Å². The predicted octanol–water partition coefficient (Wildman–Crippen LogP) is 1.27. The number of thiazole rings is 1. The third-order valence-corrected chi connectivity index (χ3v) is 3.21. The lowest BCUT2D eigenvalue weighted by molar-refractivity contribution is 0.0963. The highest BCUT2D eigenvalue weighted by atomic mass is 32.1. The zero-order valence-electron chi connectivity index (χ0n) is 9.64. The summed E-state index contributed by atoms with van der Waals surface area (Å²) in [7, 11) is 1.53. The topological polar surface area (TPSA) is 85.1 Å². The molecule has 0 saturated carbocycles. The number of nitrogens with zero attached hydrogens (tertiary/aromatic N) is 1. The van der Waals surface area contributed by atoms with E-state index in [-0.39, 0.29) is 5.91 Å². The summed E-state index contributed by atoms with van der Waals surface area (Å²) in [6.07, 6.45) is 1.66. The molecule has 0 atom stereocenters. The van der Waals surface area contributed by atoms with E-state index in [0.717, 1.165) is 5.01 Å². The van der Waals surface area contributed by atoms with E-state index in [1.807, 2.05) is 5.38 Å². The van der Waals surface area contributed by atoms with Gasteiger partial charge in [-0.1, -0.05) is 0 Å². The van der Waals surface area contributed by atoms with Gasteiger partial charge in [-0.25, -0.2) is 4.98 Å². The molecule has 0 fully saturated rings. The molecule has 0 bridgehead atoms. The van der Waals surface area contributed by atoms with Gasteiger partial charge in [-0.05, 0) is 18.2 Å². The fourth-order valence-electron chi connectivity index (χ4n) is 1.53. The number of nitrogens with one attached hydrogen (secondary N) is 1. The number of hydrogen-bond acceptors (Lipinski definition) is 4. The average molecular weight is 261 g/mol. The Kier molecular flexibility index (Phi) is 3.38. The van der Waals surface area contributed by atoms with Crippen LogP contribution in [0.2, 0.25) is 0 Å². The number of hydrogen-bond donors (Lipinski definition) is 2. The summed E-state index contributed by atoms with van der Waals surface area (Å²) in [6, 6.07) is 4.79. The zero-order chi connectivity index (χ0) is 13.1. The molecule has 1 heterocycles. The Balaban J connectivity index is 2.57. The van der Waals surface area contributed by atoms with E-state index in [0.29, 0.717) is 16.7 Å². The first-order chi connectivity index (χ1) is 8.61. The maximum atomic E-state index is 11.6. The number of benzene rings is 1. The van der Waals surface area contributed by atoms with Crippen molar-refractivity contribution in [1.29, 1.82) is 0 Å². The van der Waals surface area contributed by atoms with Crippen LogP contribution in [-0.2, 0) is 0 Å². The van der Waals surface area contributed by atoms with Gasteiger partial charge in [-0.15, -0.1) is 11.3 Å². The molecule has 5 nitrogen and oxygen atoms in total. The summed E-state index contributed by atoms with van der Waals surface area (Å²) in [5.74, 6) is -0.838. The molecule has 0 aliphatic rings. The van der Waals surface area contributed by atoms with Crippen LogP contribution in [0.1, 0.15) is 20.7 Å². The van der Waals surface area contributed by atoms with E-state index in [1.165, 1.54) is 24.5 Å². The molecule has 0 spiro atoms. The van der Waals surface area contributed by atoms with Crippen molar-refractivity contribution in [3.63, 3.8) is 0 Å². The fourth-order valence-corrected chi connectivity index (χ4v) is 2.16. The molecule has 6 heteroatoms. The van der Waals surface area contributed by atoms with E-state index in [4.69, 9.17) is 5.73 Å². The SMILES string of the molecule is CNC(=O)c1cc(C(N)=O)cc(-c2nccs2)c1. The van der Waals surface area contributed by atoms with Crippen LogP contribution < -0.4 is 11.1 Å². The molecule has 2 aromatic rings. The van der Waals surface area contributed by atoms with Gasteiger partial charge in [-0.3, -0.25) is 9.59 Å². The van der Waals surface area contributed by atoms with Crippen LogP contribution >= 0.6 is 11.3 Å². The number of carbonyl (C=O) groups excluding carboxylic acids is 2. The summed E-state index contributed by atoms with van der Waals surface area (Å²) < 4.78 is 0. The van der Waals surface area contributed by atoms with Gasteiger partial charge in [0.05, 0.1) is 0 Å². The number of rotatable bonds is 3. The van der Waals surface area contributed by atoms with E-state index in [2.05, 4.69) is 10.3 Å². The second-order valence-corrected chi connectivity index (χ2v) is 4.47. The summed E-state index contributed by atoms with van der Waals surface area (Å²) in [5, 5.41) is 5.08. The van der Waals surface area contributed by atoms with Gasteiger partial charge in [0.15, 0.2) is 0 Å². The van der Waals surface area contributed by atoms with Crippen molar-refractivity contribution in [3.05, 3.63) is 40.9 Å². The van der Waals surface area contributed by atoms with Crippen LogP contribution in [0.3, 0.4) is 0 Å². The van der Waals surface area contributed by atoms with Crippen LogP contribution in [-0.4, -0.2) is 23.8 Å². The Morgan fingerprint density at radius 3 is 2.56 bits per heavy atom. The minimum Gasteiger partial charge on any atom is -0.366 e. The van der Waals surface area contributed by atoms with Crippen LogP contribution in [0.4, 0.5) is 0 Å². The maximum absolute atomic E-state index is 11.6. The molecule has 18 heavy (non-hydrogen) atoms. The molecule has 0 saturated heterocycles. The molecule has 0 radical (unpaired) electrons. The van der Waals surface area contributed by atoms with Crippen LogP contribution in [0, 0.1) is 0 Å². The summed E-state index contributed by atoms with van der Waals surface area (Å²) in [5.41, 5.74) is 6.65. The van der Waals surface area contributed by atoms with E-state index in [1.54, 1.807) is 18.3 Å². The summed E-state index contributed by atoms with van der Waals surface area (Å²) >= 11 is 1.43. The number of carbonyl (C=O) groups is 2. The van der Waals surface area contributed by atoms with Gasteiger partial charge in [0.25, 0.3) is 5.91 Å². The largest absolute Gasteiger partial charge is 0.366 e. The van der Waals surface area contributed by atoms with Crippen molar-refractivity contribution >= 4 is 23.2 Å². The van der Waals surface area contributed by atoms with Gasteiger partial charge in [0.2, 0.25) is 5.91 Å². The van der Waals surface area contributed by atoms with Gasteiger partial charge in [0, 0.05) is 35.3 Å². The highest BCUT2D eigenvalue weighted by molar-refractivity contribution is 7.13. The number of amides is 2. The summed E-state index contributed by atoms with van der Waals surface area (Å²) in [6.45, 7) is 0. The van der Waals surface area contributed by atoms with Crippen molar-refractivity contribution in [1.82, 2.24) is 10.3 Å². The maximum Gasteiger partial charge on any atom is 0.251 e. The van der Waals surface area contributed by atoms with E-state index in [9.17, 15) is 9.59 Å². The zero-order valence-corrected chi connectivity index (χ0v) is 10.5. The Morgan fingerprint density at radius 1 is 1.28 bits per heavy atom. The smallest absolute Gasteiger partial charge is 0.251 e. The monoisotopic (exact) mass is 261 g/mol. The van der Waals surface area contributed by atoms with Crippen molar-refractivity contribution < 1.29 is 9.59 Å². The van der Waals surface area contributed by atoms with E-state index < -0.39 is 5.91 Å². The number of primary amides is 1. The van der Waals surface area contributed by atoms with Crippen molar-refractivity contribution in [2.24, 2.45) is 5.73 Å². The molecule has 1 aromatic carbocycles. The van der Waals surface area contributed by atoms with Crippen molar-refractivity contribution in [2.75, 3.05) is 7.05 Å². The Morgan fingerprint density at radius 2 is 2.00 bits per heavy atom. The summed E-state index contributed by atoms with van der Waals surface area (Å²) in [4.78, 5) is 27.0. The van der Waals surface area contributed by atoms with E-state index >= 15 is 0 Å². The second-order valence-electron chi connectivity index (χ2n) is 3.58. The number of aromatic nitrogens is 1. The normalized spacial score (nSPS) is 10.1. The number of nitrogens with two attached hydrogens (primary N) is 1. The highest BCUT2D eigenvalue weighted by Crippen LogP contribution is 2.24. The molecule has 2 rings (SSSR count). The highest BCUT2D eigenvalue weighted by Gasteiger charge is 2.12. The minimum absolute atomic E-state index is 0.268. The molecule has 3 N–H and O–H groups in total. The standard InChI is InChI=1S/C12H11N3O2S/c1-14-11(17)8-4-7(10(13)16)5-9(6-8)12-15-2-3-18-12/h2-6H,1H3,(H2,13,16)(H,14,17). The first-order valence-electron chi connectivity index (χ1n) is 5.18. The second kappa shape index (κ2) is 4.97. The van der Waals surface area contributed by atoms with Gasteiger partial charge in [0.1, 0.15) is 5.01 Å². The molecule has 0 aliphatic carbocycles. The van der Waals surface area contributed by atoms with Crippen LogP contribution in [0.5, 0.6) is 0 Å². The predicted molar refractivity (Wildman–Crippen MR) is 69.5 cm³/mol. The molecule has 92 valence electrons. The first kappa shape index (κ1) is 12.3. The third-order valence-electron chi connectivity index (χ3n) is 2.39. The first-order valence-corrected chi connectivity index (χ1v) is 6.06. The van der Waals surface area contributed by atoms with Gasteiger partial charge >= 0.3 is 0 Å². The Bertz CT molecular complexity index is 593. The molecule has 0 unspecified atom stereocenters. The fraction of sp³-hybridized carbons (Fsp3) is 0.0833. The minimum atomic E-state index is -0.571. The molecular weight excluding hydrogens is 250 g/mol. The van der Waals surface area contributed by atoms with Gasteiger partial charge in [-0.2, -0.15) is 0 Å². The van der Waals surface area contributed by atoms with Gasteiger partial charge < -0.3 is 11.1 Å². The molecular formula is C12H11N3O2S. The third kappa shape index (κ3) is 2.38.